The van der Waals surface area contributed by atoms with Gasteiger partial charge < -0.3 is 11.1 Å². The zero-order valence-corrected chi connectivity index (χ0v) is 14.6. The Morgan fingerprint density at radius 1 is 1.25 bits per heavy atom. The first-order chi connectivity index (χ1) is 10.9. The standard InChI is InChI=1S/C14H22N4O5S/c1-14(2,3)12(15)13(19)16-8-9-17-24(22,23)11-6-4-10(5-7-11)18(20)21/h4-7,12,17H,8-9,15H2,1-3H3,(H,16,19)/t12-/m1/s1. The summed E-state index contributed by atoms with van der Waals surface area (Å²) in [7, 11) is -3.80. The highest BCUT2D eigenvalue weighted by Gasteiger charge is 2.27. The molecule has 0 spiro atoms. The quantitative estimate of drug-likeness (QED) is 0.365. The second-order valence-corrected chi connectivity index (χ2v) is 8.05. The maximum absolute atomic E-state index is 12.0. The van der Waals surface area contributed by atoms with Gasteiger partial charge in [0.15, 0.2) is 0 Å². The molecule has 1 rings (SSSR count). The molecule has 0 saturated heterocycles. The number of nitro groups is 1. The number of hydrogen-bond donors (Lipinski definition) is 3. The van der Waals surface area contributed by atoms with Crippen LogP contribution in [-0.4, -0.2) is 38.4 Å². The molecule has 1 amide bonds. The average molecular weight is 358 g/mol. The minimum Gasteiger partial charge on any atom is -0.353 e. The molecule has 0 bridgehead atoms. The van der Waals surface area contributed by atoms with Gasteiger partial charge in [0.05, 0.1) is 15.9 Å². The second-order valence-electron chi connectivity index (χ2n) is 6.28. The van der Waals surface area contributed by atoms with Gasteiger partial charge in [-0.05, 0) is 17.5 Å². The van der Waals surface area contributed by atoms with E-state index in [1.54, 1.807) is 0 Å². The molecule has 1 aromatic rings. The topological polar surface area (TPSA) is 144 Å². The van der Waals surface area contributed by atoms with Gasteiger partial charge >= 0.3 is 0 Å². The number of rotatable bonds is 7. The molecule has 0 saturated carbocycles. The van der Waals surface area contributed by atoms with Crippen molar-refractivity contribution in [2.75, 3.05) is 13.1 Å². The molecular formula is C14H22N4O5S. The van der Waals surface area contributed by atoms with Gasteiger partial charge in [0.2, 0.25) is 15.9 Å². The van der Waals surface area contributed by atoms with Crippen LogP contribution >= 0.6 is 0 Å². The molecule has 0 unspecified atom stereocenters. The van der Waals surface area contributed by atoms with Crippen molar-refractivity contribution < 1.29 is 18.1 Å². The monoisotopic (exact) mass is 358 g/mol. The molecule has 0 fully saturated rings. The Bertz CT molecular complexity index is 695. The number of benzene rings is 1. The molecule has 1 aromatic carbocycles. The summed E-state index contributed by atoms with van der Waals surface area (Å²) in [5, 5.41) is 13.1. The number of carbonyl (C=O) groups excluding carboxylic acids is 1. The Balaban J connectivity index is 2.55. The molecule has 0 aliphatic rings. The van der Waals surface area contributed by atoms with Gasteiger partial charge in [-0.25, -0.2) is 13.1 Å². The lowest BCUT2D eigenvalue weighted by Crippen LogP contribution is -2.49. The summed E-state index contributed by atoms with van der Waals surface area (Å²) in [5.41, 5.74) is 5.19. The highest BCUT2D eigenvalue weighted by atomic mass is 32.2. The van der Waals surface area contributed by atoms with Crippen LogP contribution in [0.25, 0.3) is 0 Å². The fourth-order valence-electron chi connectivity index (χ4n) is 1.70. The van der Waals surface area contributed by atoms with E-state index in [-0.39, 0.29) is 29.6 Å². The van der Waals surface area contributed by atoms with Crippen LogP contribution in [0.15, 0.2) is 29.2 Å². The predicted molar refractivity (Wildman–Crippen MR) is 88.7 cm³/mol. The lowest BCUT2D eigenvalue weighted by molar-refractivity contribution is -0.384. The van der Waals surface area contributed by atoms with Gasteiger partial charge in [-0.3, -0.25) is 14.9 Å². The Morgan fingerprint density at radius 3 is 2.25 bits per heavy atom. The Labute approximate surface area is 140 Å². The Kier molecular flexibility index (Phi) is 6.41. The lowest BCUT2D eigenvalue weighted by Gasteiger charge is -2.25. The molecule has 9 nitrogen and oxygen atoms in total. The fourth-order valence-corrected chi connectivity index (χ4v) is 2.74. The van der Waals surface area contributed by atoms with Crippen molar-refractivity contribution in [1.29, 1.82) is 0 Å². The van der Waals surface area contributed by atoms with Crippen LogP contribution in [0, 0.1) is 15.5 Å². The van der Waals surface area contributed by atoms with Gasteiger partial charge in [-0.15, -0.1) is 0 Å². The van der Waals surface area contributed by atoms with Crippen LogP contribution in [0.3, 0.4) is 0 Å². The van der Waals surface area contributed by atoms with E-state index >= 15 is 0 Å². The Hall–Kier alpha value is -2.04. The van der Waals surface area contributed by atoms with E-state index in [1.807, 2.05) is 20.8 Å². The maximum Gasteiger partial charge on any atom is 0.269 e. The fraction of sp³-hybridized carbons (Fsp3) is 0.500. The number of hydrogen-bond acceptors (Lipinski definition) is 6. The average Bonchev–Trinajstić information content (AvgIpc) is 2.49. The third-order valence-electron chi connectivity index (χ3n) is 3.29. The van der Waals surface area contributed by atoms with E-state index in [1.165, 1.54) is 0 Å². The minimum absolute atomic E-state index is 0.0259. The summed E-state index contributed by atoms with van der Waals surface area (Å²) in [4.78, 5) is 21.7. The molecule has 10 heteroatoms. The molecular weight excluding hydrogens is 336 g/mol. The van der Waals surface area contributed by atoms with Crippen molar-refractivity contribution in [1.82, 2.24) is 10.0 Å². The first kappa shape index (κ1) is 20.0. The van der Waals surface area contributed by atoms with Gasteiger partial charge in [0.25, 0.3) is 5.69 Å². The van der Waals surface area contributed by atoms with Gasteiger partial charge in [0.1, 0.15) is 0 Å². The molecule has 0 heterocycles. The van der Waals surface area contributed by atoms with Crippen molar-refractivity contribution in [3.05, 3.63) is 34.4 Å². The molecule has 24 heavy (non-hydrogen) atoms. The lowest BCUT2D eigenvalue weighted by atomic mass is 9.87. The van der Waals surface area contributed by atoms with Crippen LogP contribution in [0.4, 0.5) is 5.69 Å². The van der Waals surface area contributed by atoms with Crippen LogP contribution in [0.2, 0.25) is 0 Å². The van der Waals surface area contributed by atoms with Crippen LogP contribution in [0.5, 0.6) is 0 Å². The predicted octanol–water partition coefficient (Wildman–Crippen LogP) is 0.363. The normalized spacial score (nSPS) is 13.3. The number of sulfonamides is 1. The molecule has 0 radical (unpaired) electrons. The number of nitrogens with one attached hydrogen (secondary N) is 2. The molecule has 0 aliphatic heterocycles. The highest BCUT2D eigenvalue weighted by Crippen LogP contribution is 2.17. The van der Waals surface area contributed by atoms with Crippen molar-refractivity contribution in [3.8, 4) is 0 Å². The van der Waals surface area contributed by atoms with Gasteiger partial charge in [-0.2, -0.15) is 0 Å². The number of nitro benzene ring substituents is 1. The minimum atomic E-state index is -3.80. The van der Waals surface area contributed by atoms with Crippen molar-refractivity contribution in [2.24, 2.45) is 11.1 Å². The number of amides is 1. The molecule has 4 N–H and O–H groups in total. The first-order valence-electron chi connectivity index (χ1n) is 7.22. The van der Waals surface area contributed by atoms with E-state index in [9.17, 15) is 23.3 Å². The third-order valence-corrected chi connectivity index (χ3v) is 4.77. The number of carbonyl (C=O) groups is 1. The number of nitrogens with two attached hydrogens (primary N) is 1. The largest absolute Gasteiger partial charge is 0.353 e. The number of non-ortho nitro benzene ring substituents is 1. The van der Waals surface area contributed by atoms with E-state index < -0.39 is 26.4 Å². The third kappa shape index (κ3) is 5.55. The summed E-state index contributed by atoms with van der Waals surface area (Å²) in [6.45, 7) is 5.54. The van der Waals surface area contributed by atoms with Crippen LogP contribution in [0.1, 0.15) is 20.8 Å². The van der Waals surface area contributed by atoms with Gasteiger partial charge in [-0.1, -0.05) is 20.8 Å². The summed E-state index contributed by atoms with van der Waals surface area (Å²) in [6, 6.07) is 3.81. The van der Waals surface area contributed by atoms with Crippen LogP contribution < -0.4 is 15.8 Å². The zero-order chi connectivity index (χ0) is 18.5. The van der Waals surface area contributed by atoms with Crippen molar-refractivity contribution in [3.63, 3.8) is 0 Å². The van der Waals surface area contributed by atoms with E-state index in [4.69, 9.17) is 5.73 Å². The molecule has 1 atom stereocenters. The molecule has 0 aliphatic carbocycles. The zero-order valence-electron chi connectivity index (χ0n) is 13.8. The summed E-state index contributed by atoms with van der Waals surface area (Å²) in [6.07, 6.45) is 0. The number of nitrogens with zero attached hydrogens (tertiary/aromatic N) is 1. The smallest absolute Gasteiger partial charge is 0.269 e. The molecule has 0 aromatic heterocycles. The highest BCUT2D eigenvalue weighted by molar-refractivity contribution is 7.89. The maximum atomic E-state index is 12.0. The first-order valence-corrected chi connectivity index (χ1v) is 8.71. The van der Waals surface area contributed by atoms with Crippen molar-refractivity contribution >= 4 is 21.6 Å². The molecule has 134 valence electrons. The van der Waals surface area contributed by atoms with E-state index in [0.717, 1.165) is 24.3 Å². The Morgan fingerprint density at radius 2 is 1.79 bits per heavy atom. The van der Waals surface area contributed by atoms with Gasteiger partial charge in [0, 0.05) is 25.2 Å². The SMILES string of the molecule is CC(C)(C)[C@H](N)C(=O)NCCNS(=O)(=O)c1ccc([N+](=O)[O-])cc1. The summed E-state index contributed by atoms with van der Waals surface area (Å²) in [5.74, 6) is -0.364. The van der Waals surface area contributed by atoms with Crippen LogP contribution in [-0.2, 0) is 14.8 Å². The summed E-state index contributed by atoms with van der Waals surface area (Å²) < 4.78 is 26.4. The second kappa shape index (κ2) is 7.69. The van der Waals surface area contributed by atoms with E-state index in [0.29, 0.717) is 0 Å². The summed E-state index contributed by atoms with van der Waals surface area (Å²) >= 11 is 0. The van der Waals surface area contributed by atoms with E-state index in [2.05, 4.69) is 10.0 Å². The van der Waals surface area contributed by atoms with Crippen molar-refractivity contribution in [2.45, 2.75) is 31.7 Å².